The zero-order chi connectivity index (χ0) is 12.3. The highest BCUT2D eigenvalue weighted by Gasteiger charge is 2.14. The summed E-state index contributed by atoms with van der Waals surface area (Å²) < 4.78 is 0. The van der Waals surface area contributed by atoms with Crippen LogP contribution in [0.3, 0.4) is 0 Å². The van der Waals surface area contributed by atoms with Crippen LogP contribution in [0.1, 0.15) is 29.8 Å². The second-order valence-corrected chi connectivity index (χ2v) is 5.21. The maximum Gasteiger partial charge on any atom is 0.123 e. The zero-order valence-corrected chi connectivity index (χ0v) is 11.0. The molecule has 17 heavy (non-hydrogen) atoms. The van der Waals surface area contributed by atoms with Crippen molar-refractivity contribution < 1.29 is 0 Å². The van der Waals surface area contributed by atoms with Gasteiger partial charge in [-0.2, -0.15) is 0 Å². The maximum atomic E-state index is 5.61. The number of aryl methyl sites for hydroxylation is 1. The van der Waals surface area contributed by atoms with Gasteiger partial charge in [-0.15, -0.1) is 11.3 Å². The molecule has 2 rings (SSSR count). The first kappa shape index (κ1) is 12.2. The van der Waals surface area contributed by atoms with Gasteiger partial charge in [0.1, 0.15) is 5.01 Å². The summed E-state index contributed by atoms with van der Waals surface area (Å²) in [6.07, 6.45) is 4.61. The van der Waals surface area contributed by atoms with E-state index in [2.05, 4.69) is 23.8 Å². The van der Waals surface area contributed by atoms with E-state index in [4.69, 9.17) is 5.73 Å². The molecule has 0 saturated carbocycles. The highest BCUT2D eigenvalue weighted by Crippen LogP contribution is 2.33. The molecule has 0 aliphatic carbocycles. The van der Waals surface area contributed by atoms with Crippen LogP contribution < -0.4 is 5.73 Å². The fourth-order valence-corrected chi connectivity index (χ4v) is 3.02. The number of hydrogen-bond acceptors (Lipinski definition) is 4. The lowest BCUT2D eigenvalue weighted by Gasteiger charge is -2.07. The predicted molar refractivity (Wildman–Crippen MR) is 72.2 cm³/mol. The standard InChI is InChI=1S/C13H17N3S/c1-9(3-6-14)12-10(2)16-13(17-12)11-4-7-15-8-5-11/h4-5,7-9H,3,6,14H2,1-2H3. The molecule has 2 aromatic rings. The van der Waals surface area contributed by atoms with E-state index in [0.717, 1.165) is 29.2 Å². The molecular weight excluding hydrogens is 230 g/mol. The molecule has 0 spiro atoms. The molecule has 0 saturated heterocycles. The van der Waals surface area contributed by atoms with Crippen LogP contribution in [-0.2, 0) is 0 Å². The Balaban J connectivity index is 2.31. The van der Waals surface area contributed by atoms with E-state index in [9.17, 15) is 0 Å². The Bertz CT molecular complexity index is 479. The van der Waals surface area contributed by atoms with Crippen molar-refractivity contribution in [1.82, 2.24) is 9.97 Å². The summed E-state index contributed by atoms with van der Waals surface area (Å²) in [4.78, 5) is 10.0. The number of aromatic nitrogens is 2. The molecule has 2 aromatic heterocycles. The third-order valence-electron chi connectivity index (χ3n) is 2.81. The summed E-state index contributed by atoms with van der Waals surface area (Å²) in [5.41, 5.74) is 7.88. The van der Waals surface area contributed by atoms with Crippen molar-refractivity contribution in [2.75, 3.05) is 6.54 Å². The van der Waals surface area contributed by atoms with Crippen molar-refractivity contribution in [3.63, 3.8) is 0 Å². The lowest BCUT2D eigenvalue weighted by molar-refractivity contribution is 0.696. The van der Waals surface area contributed by atoms with E-state index >= 15 is 0 Å². The Labute approximate surface area is 106 Å². The zero-order valence-electron chi connectivity index (χ0n) is 10.2. The number of rotatable bonds is 4. The summed E-state index contributed by atoms with van der Waals surface area (Å²) in [5.74, 6) is 0.494. The fourth-order valence-electron chi connectivity index (χ4n) is 1.86. The smallest absolute Gasteiger partial charge is 0.123 e. The Hall–Kier alpha value is -1.26. The van der Waals surface area contributed by atoms with Crippen molar-refractivity contribution >= 4 is 11.3 Å². The van der Waals surface area contributed by atoms with E-state index in [-0.39, 0.29) is 0 Å². The van der Waals surface area contributed by atoms with Gasteiger partial charge < -0.3 is 5.73 Å². The molecule has 1 unspecified atom stereocenters. The molecule has 3 nitrogen and oxygen atoms in total. The molecule has 0 aliphatic heterocycles. The fraction of sp³-hybridized carbons (Fsp3) is 0.385. The molecule has 0 fully saturated rings. The normalized spacial score (nSPS) is 12.6. The summed E-state index contributed by atoms with van der Waals surface area (Å²) in [6.45, 7) is 5.01. The quantitative estimate of drug-likeness (QED) is 0.903. The van der Waals surface area contributed by atoms with Crippen molar-refractivity contribution in [2.45, 2.75) is 26.2 Å². The van der Waals surface area contributed by atoms with E-state index in [1.807, 2.05) is 12.1 Å². The van der Waals surface area contributed by atoms with Crippen molar-refractivity contribution in [3.8, 4) is 10.6 Å². The average Bonchev–Trinajstić information content (AvgIpc) is 2.73. The monoisotopic (exact) mass is 247 g/mol. The summed E-state index contributed by atoms with van der Waals surface area (Å²) >= 11 is 1.77. The molecule has 0 bridgehead atoms. The molecule has 0 radical (unpaired) electrons. The van der Waals surface area contributed by atoms with Crippen LogP contribution in [0.2, 0.25) is 0 Å². The first-order valence-electron chi connectivity index (χ1n) is 5.80. The van der Waals surface area contributed by atoms with Gasteiger partial charge in [-0.1, -0.05) is 6.92 Å². The Morgan fingerprint density at radius 3 is 2.71 bits per heavy atom. The summed E-state index contributed by atoms with van der Waals surface area (Å²) in [5, 5.41) is 1.07. The summed E-state index contributed by atoms with van der Waals surface area (Å²) in [6, 6.07) is 3.99. The van der Waals surface area contributed by atoms with Gasteiger partial charge in [0.25, 0.3) is 0 Å². The van der Waals surface area contributed by atoms with Crippen LogP contribution in [0, 0.1) is 6.92 Å². The van der Waals surface area contributed by atoms with Gasteiger partial charge in [-0.3, -0.25) is 4.98 Å². The topological polar surface area (TPSA) is 51.8 Å². The molecule has 4 heteroatoms. The molecule has 0 aliphatic rings. The van der Waals surface area contributed by atoms with Gasteiger partial charge in [-0.25, -0.2) is 4.98 Å². The minimum Gasteiger partial charge on any atom is -0.330 e. The Morgan fingerprint density at radius 1 is 1.35 bits per heavy atom. The predicted octanol–water partition coefficient (Wildman–Crippen LogP) is 2.97. The van der Waals surface area contributed by atoms with Crippen molar-refractivity contribution in [3.05, 3.63) is 35.1 Å². The van der Waals surface area contributed by atoms with Crippen LogP contribution >= 0.6 is 11.3 Å². The number of thiazole rings is 1. The van der Waals surface area contributed by atoms with Crippen molar-refractivity contribution in [1.29, 1.82) is 0 Å². The highest BCUT2D eigenvalue weighted by atomic mass is 32.1. The van der Waals surface area contributed by atoms with Gasteiger partial charge >= 0.3 is 0 Å². The number of pyridine rings is 1. The van der Waals surface area contributed by atoms with Gasteiger partial charge in [-0.05, 0) is 37.9 Å². The third kappa shape index (κ3) is 2.70. The van der Waals surface area contributed by atoms with E-state index in [1.54, 1.807) is 23.7 Å². The number of nitrogens with two attached hydrogens (primary N) is 1. The van der Waals surface area contributed by atoms with Gasteiger partial charge in [0.05, 0.1) is 5.69 Å². The second-order valence-electron chi connectivity index (χ2n) is 4.18. The van der Waals surface area contributed by atoms with Crippen LogP contribution in [0.15, 0.2) is 24.5 Å². The van der Waals surface area contributed by atoms with Crippen LogP contribution in [0.5, 0.6) is 0 Å². The van der Waals surface area contributed by atoms with Crippen LogP contribution in [0.4, 0.5) is 0 Å². The van der Waals surface area contributed by atoms with E-state index in [1.165, 1.54) is 4.88 Å². The third-order valence-corrected chi connectivity index (χ3v) is 4.25. The first-order valence-corrected chi connectivity index (χ1v) is 6.61. The largest absolute Gasteiger partial charge is 0.330 e. The van der Waals surface area contributed by atoms with Crippen LogP contribution in [0.25, 0.3) is 10.6 Å². The molecule has 1 atom stereocenters. The number of hydrogen-bond donors (Lipinski definition) is 1. The van der Waals surface area contributed by atoms with Gasteiger partial charge in [0, 0.05) is 22.8 Å². The Morgan fingerprint density at radius 2 is 2.06 bits per heavy atom. The lowest BCUT2D eigenvalue weighted by atomic mass is 10.1. The van der Waals surface area contributed by atoms with Gasteiger partial charge in [0.15, 0.2) is 0 Å². The molecule has 90 valence electrons. The minimum atomic E-state index is 0.494. The van der Waals surface area contributed by atoms with Gasteiger partial charge in [0.2, 0.25) is 0 Å². The number of nitrogens with zero attached hydrogens (tertiary/aromatic N) is 2. The molecular formula is C13H17N3S. The maximum absolute atomic E-state index is 5.61. The highest BCUT2D eigenvalue weighted by molar-refractivity contribution is 7.15. The minimum absolute atomic E-state index is 0.494. The van der Waals surface area contributed by atoms with Crippen LogP contribution in [-0.4, -0.2) is 16.5 Å². The molecule has 2 heterocycles. The van der Waals surface area contributed by atoms with Crippen molar-refractivity contribution in [2.24, 2.45) is 5.73 Å². The molecule has 2 N–H and O–H groups in total. The average molecular weight is 247 g/mol. The first-order chi connectivity index (χ1) is 8.22. The summed E-state index contributed by atoms with van der Waals surface area (Å²) in [7, 11) is 0. The van der Waals surface area contributed by atoms with E-state index in [0.29, 0.717) is 5.92 Å². The SMILES string of the molecule is Cc1nc(-c2ccncc2)sc1C(C)CCN. The Kier molecular flexibility index (Phi) is 3.86. The molecule has 0 aromatic carbocycles. The van der Waals surface area contributed by atoms with E-state index < -0.39 is 0 Å². The molecule has 0 amide bonds. The lowest BCUT2D eigenvalue weighted by Crippen LogP contribution is -2.04. The second kappa shape index (κ2) is 5.38.